The van der Waals surface area contributed by atoms with Crippen LogP contribution in [-0.4, -0.2) is 52.9 Å². The van der Waals surface area contributed by atoms with Gasteiger partial charge in [0.1, 0.15) is 5.82 Å². The van der Waals surface area contributed by atoms with Gasteiger partial charge in [0.15, 0.2) is 5.69 Å². The molecular formula is C10H16N4O2. The third kappa shape index (κ3) is 3.16. The fourth-order valence-corrected chi connectivity index (χ4v) is 1.05. The Kier molecular flexibility index (Phi) is 4.19. The fourth-order valence-electron chi connectivity index (χ4n) is 1.05. The Morgan fingerprint density at radius 3 is 2.62 bits per heavy atom. The molecular weight excluding hydrogens is 208 g/mol. The maximum Gasteiger partial charge on any atom is 0.273 e. The molecule has 1 rings (SSSR count). The SMILES string of the molecule is CC(CO)Nc1ccc(C(=O)N(C)C)nn1. The molecule has 6 heteroatoms. The molecule has 1 aromatic heterocycles. The van der Waals surface area contributed by atoms with Crippen LogP contribution in [0.3, 0.4) is 0 Å². The highest BCUT2D eigenvalue weighted by Crippen LogP contribution is 2.04. The Labute approximate surface area is 94.3 Å². The van der Waals surface area contributed by atoms with E-state index in [4.69, 9.17) is 5.11 Å². The van der Waals surface area contributed by atoms with Gasteiger partial charge in [-0.2, -0.15) is 0 Å². The van der Waals surface area contributed by atoms with Gasteiger partial charge in [-0.1, -0.05) is 0 Å². The number of aliphatic hydroxyl groups excluding tert-OH is 1. The summed E-state index contributed by atoms with van der Waals surface area (Å²) in [6.45, 7) is 1.83. The van der Waals surface area contributed by atoms with Crippen molar-refractivity contribution in [3.63, 3.8) is 0 Å². The topological polar surface area (TPSA) is 78.4 Å². The molecule has 0 aliphatic heterocycles. The number of hydrogen-bond donors (Lipinski definition) is 2. The number of carbonyl (C=O) groups is 1. The predicted molar refractivity (Wildman–Crippen MR) is 60.2 cm³/mol. The Morgan fingerprint density at radius 1 is 1.50 bits per heavy atom. The summed E-state index contributed by atoms with van der Waals surface area (Å²) < 4.78 is 0. The number of aromatic nitrogens is 2. The van der Waals surface area contributed by atoms with Crippen molar-refractivity contribution in [1.82, 2.24) is 15.1 Å². The maximum atomic E-state index is 11.5. The van der Waals surface area contributed by atoms with Crippen molar-refractivity contribution in [2.24, 2.45) is 0 Å². The average molecular weight is 224 g/mol. The molecule has 1 aromatic rings. The third-order valence-corrected chi connectivity index (χ3v) is 1.96. The molecule has 0 bridgehead atoms. The highest BCUT2D eigenvalue weighted by Gasteiger charge is 2.10. The number of aliphatic hydroxyl groups is 1. The first-order valence-corrected chi connectivity index (χ1v) is 4.97. The lowest BCUT2D eigenvalue weighted by atomic mass is 10.3. The number of carbonyl (C=O) groups excluding carboxylic acids is 1. The summed E-state index contributed by atoms with van der Waals surface area (Å²) in [5.41, 5.74) is 0.298. The molecule has 16 heavy (non-hydrogen) atoms. The summed E-state index contributed by atoms with van der Waals surface area (Å²) in [5.74, 6) is 0.353. The molecule has 0 fully saturated rings. The van der Waals surface area contributed by atoms with Crippen molar-refractivity contribution in [1.29, 1.82) is 0 Å². The van der Waals surface area contributed by atoms with Gasteiger partial charge in [0.25, 0.3) is 5.91 Å². The zero-order chi connectivity index (χ0) is 12.1. The monoisotopic (exact) mass is 224 g/mol. The Balaban J connectivity index is 2.71. The van der Waals surface area contributed by atoms with E-state index in [2.05, 4.69) is 15.5 Å². The number of hydrogen-bond acceptors (Lipinski definition) is 5. The van der Waals surface area contributed by atoms with E-state index in [1.165, 1.54) is 4.90 Å². The number of nitrogens with one attached hydrogen (secondary N) is 1. The molecule has 6 nitrogen and oxygen atoms in total. The van der Waals surface area contributed by atoms with Gasteiger partial charge >= 0.3 is 0 Å². The lowest BCUT2D eigenvalue weighted by molar-refractivity contribution is 0.0821. The van der Waals surface area contributed by atoms with Crippen LogP contribution < -0.4 is 5.32 Å². The van der Waals surface area contributed by atoms with Gasteiger partial charge in [-0.3, -0.25) is 4.79 Å². The molecule has 0 saturated heterocycles. The summed E-state index contributed by atoms with van der Waals surface area (Å²) >= 11 is 0. The highest BCUT2D eigenvalue weighted by molar-refractivity contribution is 5.91. The number of nitrogens with zero attached hydrogens (tertiary/aromatic N) is 3. The quantitative estimate of drug-likeness (QED) is 0.751. The van der Waals surface area contributed by atoms with Crippen molar-refractivity contribution in [3.8, 4) is 0 Å². The van der Waals surface area contributed by atoms with E-state index in [1.807, 2.05) is 6.92 Å². The van der Waals surface area contributed by atoms with E-state index in [1.54, 1.807) is 26.2 Å². The first-order chi connectivity index (χ1) is 7.54. The minimum absolute atomic E-state index is 0.0139. The van der Waals surface area contributed by atoms with Gasteiger partial charge in [0, 0.05) is 20.1 Å². The van der Waals surface area contributed by atoms with Crippen molar-refractivity contribution >= 4 is 11.7 Å². The van der Waals surface area contributed by atoms with Crippen LogP contribution in [0.25, 0.3) is 0 Å². The van der Waals surface area contributed by atoms with E-state index < -0.39 is 0 Å². The van der Waals surface area contributed by atoms with Crippen molar-refractivity contribution in [2.45, 2.75) is 13.0 Å². The molecule has 0 saturated carbocycles. The van der Waals surface area contributed by atoms with Crippen LogP contribution in [0.1, 0.15) is 17.4 Å². The Bertz CT molecular complexity index is 350. The largest absolute Gasteiger partial charge is 0.394 e. The zero-order valence-electron chi connectivity index (χ0n) is 9.64. The van der Waals surface area contributed by atoms with E-state index in [0.29, 0.717) is 11.5 Å². The third-order valence-electron chi connectivity index (χ3n) is 1.96. The highest BCUT2D eigenvalue weighted by atomic mass is 16.3. The molecule has 2 N–H and O–H groups in total. The predicted octanol–water partition coefficient (Wildman–Crippen LogP) is -0.0289. The fraction of sp³-hybridized carbons (Fsp3) is 0.500. The second-order valence-corrected chi connectivity index (χ2v) is 3.73. The van der Waals surface area contributed by atoms with Gasteiger partial charge in [0.2, 0.25) is 0 Å². The van der Waals surface area contributed by atoms with Gasteiger partial charge in [-0.05, 0) is 19.1 Å². The lowest BCUT2D eigenvalue weighted by Crippen LogP contribution is -2.24. The maximum absolute atomic E-state index is 11.5. The summed E-state index contributed by atoms with van der Waals surface area (Å²) in [6.07, 6.45) is 0. The first-order valence-electron chi connectivity index (χ1n) is 4.97. The van der Waals surface area contributed by atoms with E-state index >= 15 is 0 Å². The Hall–Kier alpha value is -1.69. The molecule has 0 radical (unpaired) electrons. The van der Waals surface area contributed by atoms with Crippen LogP contribution in [0.15, 0.2) is 12.1 Å². The van der Waals surface area contributed by atoms with Gasteiger partial charge in [0.05, 0.1) is 6.61 Å². The van der Waals surface area contributed by atoms with Crippen LogP contribution in [0.4, 0.5) is 5.82 Å². The summed E-state index contributed by atoms with van der Waals surface area (Å²) in [6, 6.07) is 3.17. The lowest BCUT2D eigenvalue weighted by Gasteiger charge is -2.12. The standard InChI is InChI=1S/C10H16N4O2/c1-7(6-15)11-9-5-4-8(12-13-9)10(16)14(2)3/h4-5,7,15H,6H2,1-3H3,(H,11,13). The van der Waals surface area contributed by atoms with Crippen LogP contribution >= 0.6 is 0 Å². The van der Waals surface area contributed by atoms with Crippen molar-refractivity contribution in [2.75, 3.05) is 26.0 Å². The number of amides is 1. The number of anilines is 1. The molecule has 0 aliphatic carbocycles. The zero-order valence-corrected chi connectivity index (χ0v) is 9.64. The normalized spacial score (nSPS) is 12.0. The molecule has 0 spiro atoms. The van der Waals surface area contributed by atoms with Crippen LogP contribution in [-0.2, 0) is 0 Å². The van der Waals surface area contributed by atoms with E-state index in [0.717, 1.165) is 0 Å². The van der Waals surface area contributed by atoms with Gasteiger partial charge < -0.3 is 15.3 Å². The minimum atomic E-state index is -0.186. The molecule has 1 amide bonds. The molecule has 88 valence electrons. The van der Waals surface area contributed by atoms with Crippen molar-refractivity contribution < 1.29 is 9.90 Å². The second kappa shape index (κ2) is 5.41. The minimum Gasteiger partial charge on any atom is -0.394 e. The first kappa shape index (κ1) is 12.4. The molecule has 1 heterocycles. The Morgan fingerprint density at radius 2 is 2.19 bits per heavy atom. The summed E-state index contributed by atoms with van der Waals surface area (Å²) in [5, 5.41) is 19.4. The van der Waals surface area contributed by atoms with Gasteiger partial charge in [-0.25, -0.2) is 0 Å². The molecule has 1 unspecified atom stereocenters. The number of rotatable bonds is 4. The summed E-state index contributed by atoms with van der Waals surface area (Å²) in [7, 11) is 3.31. The molecule has 0 aromatic carbocycles. The van der Waals surface area contributed by atoms with Crippen LogP contribution in [0.5, 0.6) is 0 Å². The van der Waals surface area contributed by atoms with Crippen molar-refractivity contribution in [3.05, 3.63) is 17.8 Å². The van der Waals surface area contributed by atoms with Crippen LogP contribution in [0.2, 0.25) is 0 Å². The molecule has 1 atom stereocenters. The molecule has 0 aliphatic rings. The van der Waals surface area contributed by atoms with Crippen LogP contribution in [0, 0.1) is 0 Å². The average Bonchev–Trinajstić information content (AvgIpc) is 2.28. The summed E-state index contributed by atoms with van der Waals surface area (Å²) in [4.78, 5) is 12.9. The van der Waals surface area contributed by atoms with E-state index in [9.17, 15) is 4.79 Å². The smallest absolute Gasteiger partial charge is 0.273 e. The van der Waals surface area contributed by atoms with Gasteiger partial charge in [-0.15, -0.1) is 10.2 Å². The second-order valence-electron chi connectivity index (χ2n) is 3.73. The van der Waals surface area contributed by atoms with E-state index in [-0.39, 0.29) is 18.6 Å².